The first-order valence-corrected chi connectivity index (χ1v) is 6.63. The third kappa shape index (κ3) is 4.59. The largest absolute Gasteiger partial charge is 0.416 e. The average molecular weight is 343 g/mol. The highest BCUT2D eigenvalue weighted by atomic mass is 19.4. The maximum Gasteiger partial charge on any atom is 0.416 e. The number of hydrogen-bond acceptors (Lipinski definition) is 3. The molecule has 2 aromatic carbocycles. The number of rotatable bonds is 4. The van der Waals surface area contributed by atoms with Gasteiger partial charge in [0.15, 0.2) is 0 Å². The van der Waals surface area contributed by atoms with Gasteiger partial charge in [0.05, 0.1) is 18.4 Å². The lowest BCUT2D eigenvalue weighted by Crippen LogP contribution is -2.20. The summed E-state index contributed by atoms with van der Waals surface area (Å²) in [6.45, 7) is 0. The maximum atomic E-state index is 13.4. The van der Waals surface area contributed by atoms with Crippen LogP contribution in [0.5, 0.6) is 0 Å². The van der Waals surface area contributed by atoms with Crippen molar-refractivity contribution in [3.8, 4) is 0 Å². The first-order chi connectivity index (χ1) is 11.3. The summed E-state index contributed by atoms with van der Waals surface area (Å²) < 4.78 is 51.3. The van der Waals surface area contributed by atoms with Gasteiger partial charge in [-0.05, 0) is 36.4 Å². The van der Waals surface area contributed by atoms with E-state index >= 15 is 0 Å². The highest BCUT2D eigenvalue weighted by molar-refractivity contribution is 6.00. The molecule has 0 spiro atoms. The summed E-state index contributed by atoms with van der Waals surface area (Å²) in [7, 11) is 1.29. The van der Waals surface area contributed by atoms with Crippen LogP contribution in [0.3, 0.4) is 0 Å². The van der Waals surface area contributed by atoms with Crippen molar-refractivity contribution >= 4 is 23.1 Å². The Bertz CT molecular complexity index is 735. The Hall–Kier alpha value is -2.81. The lowest BCUT2D eigenvalue weighted by Gasteiger charge is -2.12. The molecule has 3 N–H and O–H groups in total. The van der Waals surface area contributed by atoms with E-state index in [2.05, 4.69) is 21.0 Å². The van der Waals surface area contributed by atoms with E-state index < -0.39 is 23.6 Å². The molecule has 128 valence electrons. The molecule has 2 rings (SSSR count). The second kappa shape index (κ2) is 7.18. The third-order valence-corrected chi connectivity index (χ3v) is 2.88. The minimum absolute atomic E-state index is 0.00521. The van der Waals surface area contributed by atoms with Crippen LogP contribution in [0.15, 0.2) is 42.5 Å². The van der Waals surface area contributed by atoms with Gasteiger partial charge in [-0.3, -0.25) is 10.3 Å². The first kappa shape index (κ1) is 17.5. The number of carbonyl (C=O) groups excluding carboxylic acids is 1. The highest BCUT2D eigenvalue weighted by Crippen LogP contribution is 2.30. The van der Waals surface area contributed by atoms with Gasteiger partial charge in [0, 0.05) is 11.4 Å². The number of nitrogens with one attached hydrogen (secondary N) is 3. The third-order valence-electron chi connectivity index (χ3n) is 2.88. The number of urea groups is 1. The van der Waals surface area contributed by atoms with Gasteiger partial charge in [-0.25, -0.2) is 9.18 Å². The Labute approximate surface area is 134 Å². The molecule has 0 heterocycles. The van der Waals surface area contributed by atoms with Crippen molar-refractivity contribution in [3.63, 3.8) is 0 Å². The second-order valence-electron chi connectivity index (χ2n) is 4.66. The number of carbonyl (C=O) groups is 1. The van der Waals surface area contributed by atoms with Crippen molar-refractivity contribution in [2.45, 2.75) is 6.18 Å². The van der Waals surface area contributed by atoms with Crippen LogP contribution in [-0.2, 0) is 11.0 Å². The normalized spacial score (nSPS) is 11.0. The van der Waals surface area contributed by atoms with Crippen LogP contribution in [0.1, 0.15) is 5.56 Å². The van der Waals surface area contributed by atoms with E-state index in [1.165, 1.54) is 31.4 Å². The monoisotopic (exact) mass is 343 g/mol. The fourth-order valence-electron chi connectivity index (χ4n) is 1.86. The fourth-order valence-corrected chi connectivity index (χ4v) is 1.86. The van der Waals surface area contributed by atoms with Gasteiger partial charge in [-0.1, -0.05) is 6.07 Å². The number of anilines is 3. The predicted octanol–water partition coefficient (Wildman–Crippen LogP) is 4.46. The number of alkyl halides is 3. The van der Waals surface area contributed by atoms with E-state index in [9.17, 15) is 22.4 Å². The van der Waals surface area contributed by atoms with E-state index in [1.807, 2.05) is 0 Å². The Kier molecular flexibility index (Phi) is 5.24. The van der Waals surface area contributed by atoms with Crippen LogP contribution < -0.4 is 16.1 Å². The predicted molar refractivity (Wildman–Crippen MR) is 81.1 cm³/mol. The Morgan fingerprint density at radius 1 is 1.04 bits per heavy atom. The summed E-state index contributed by atoms with van der Waals surface area (Å²) in [6.07, 6.45) is -4.51. The molecule has 0 radical (unpaired) electrons. The number of amides is 2. The van der Waals surface area contributed by atoms with Crippen LogP contribution in [-0.4, -0.2) is 13.1 Å². The van der Waals surface area contributed by atoms with Gasteiger partial charge >= 0.3 is 12.2 Å². The quantitative estimate of drug-likeness (QED) is 0.567. The van der Waals surface area contributed by atoms with E-state index in [-0.39, 0.29) is 17.1 Å². The summed E-state index contributed by atoms with van der Waals surface area (Å²) in [5.41, 5.74) is 1.60. The first-order valence-electron chi connectivity index (χ1n) is 6.63. The van der Waals surface area contributed by atoms with Crippen molar-refractivity contribution in [2.24, 2.45) is 0 Å². The van der Waals surface area contributed by atoms with Crippen LogP contribution >= 0.6 is 0 Å². The van der Waals surface area contributed by atoms with Gasteiger partial charge < -0.3 is 10.6 Å². The van der Waals surface area contributed by atoms with E-state index in [0.717, 1.165) is 18.2 Å². The summed E-state index contributed by atoms with van der Waals surface area (Å²) in [5.74, 6) is -0.597. The zero-order valence-electron chi connectivity index (χ0n) is 12.4. The molecule has 2 amide bonds. The molecular weight excluding hydrogens is 330 g/mol. The van der Waals surface area contributed by atoms with Gasteiger partial charge in [-0.2, -0.15) is 13.2 Å². The zero-order valence-corrected chi connectivity index (χ0v) is 12.4. The topological polar surface area (TPSA) is 62.4 Å². The van der Waals surface area contributed by atoms with Crippen LogP contribution in [0.25, 0.3) is 0 Å². The lowest BCUT2D eigenvalue weighted by atomic mass is 10.2. The lowest BCUT2D eigenvalue weighted by molar-refractivity contribution is -0.137. The van der Waals surface area contributed by atoms with Crippen molar-refractivity contribution in [2.75, 3.05) is 23.2 Å². The van der Waals surface area contributed by atoms with Crippen LogP contribution in [0.2, 0.25) is 0 Å². The molecule has 5 nitrogen and oxygen atoms in total. The molecule has 9 heteroatoms. The van der Waals surface area contributed by atoms with Gasteiger partial charge in [0.2, 0.25) is 0 Å². The summed E-state index contributed by atoms with van der Waals surface area (Å²) >= 11 is 0. The number of benzene rings is 2. The summed E-state index contributed by atoms with van der Waals surface area (Å²) in [4.78, 5) is 16.4. The van der Waals surface area contributed by atoms with Gasteiger partial charge in [0.1, 0.15) is 5.82 Å². The second-order valence-corrected chi connectivity index (χ2v) is 4.66. The minimum Gasteiger partial charge on any atom is -0.308 e. The maximum absolute atomic E-state index is 13.4. The molecule has 0 saturated carbocycles. The average Bonchev–Trinajstić information content (AvgIpc) is 2.50. The van der Waals surface area contributed by atoms with Gasteiger partial charge in [-0.15, -0.1) is 0 Å². The number of halogens is 4. The molecule has 24 heavy (non-hydrogen) atoms. The van der Waals surface area contributed by atoms with E-state index in [1.54, 1.807) is 0 Å². The van der Waals surface area contributed by atoms with Crippen molar-refractivity contribution in [3.05, 3.63) is 53.8 Å². The van der Waals surface area contributed by atoms with E-state index in [0.29, 0.717) is 0 Å². The van der Waals surface area contributed by atoms with E-state index in [4.69, 9.17) is 0 Å². The van der Waals surface area contributed by atoms with Crippen molar-refractivity contribution < 1.29 is 27.2 Å². The molecule has 0 fully saturated rings. The zero-order chi connectivity index (χ0) is 17.7. The van der Waals surface area contributed by atoms with Crippen LogP contribution in [0.4, 0.5) is 39.4 Å². The van der Waals surface area contributed by atoms with Crippen molar-refractivity contribution in [1.29, 1.82) is 0 Å². The minimum atomic E-state index is -4.51. The standard InChI is InChI=1S/C15H13F4N3O2/c1-24-22-13-8-11(5-6-12(13)16)21-14(23)20-10-4-2-3-9(7-10)15(17,18)19/h2-8,22H,1H3,(H2,20,21,23). The van der Waals surface area contributed by atoms with Gasteiger partial charge in [0.25, 0.3) is 0 Å². The Morgan fingerprint density at radius 2 is 1.71 bits per heavy atom. The summed E-state index contributed by atoms with van der Waals surface area (Å²) in [5, 5.41) is 4.65. The van der Waals surface area contributed by atoms with Crippen LogP contribution in [0, 0.1) is 5.82 Å². The van der Waals surface area contributed by atoms with Crippen molar-refractivity contribution in [1.82, 2.24) is 0 Å². The molecular formula is C15H13F4N3O2. The molecule has 0 aliphatic rings. The Morgan fingerprint density at radius 3 is 2.33 bits per heavy atom. The molecule has 0 aliphatic heterocycles. The fraction of sp³-hybridized carbons (Fsp3) is 0.133. The molecule has 2 aromatic rings. The SMILES string of the molecule is CONc1cc(NC(=O)Nc2cccc(C(F)(F)F)c2)ccc1F. The highest BCUT2D eigenvalue weighted by Gasteiger charge is 2.30. The Balaban J connectivity index is 2.07. The molecule has 0 unspecified atom stereocenters. The molecule has 0 aromatic heterocycles. The smallest absolute Gasteiger partial charge is 0.308 e. The summed E-state index contributed by atoms with van der Waals surface area (Å²) in [6, 6.07) is 7.08. The number of hydrogen-bond donors (Lipinski definition) is 3. The molecule has 0 bridgehead atoms. The molecule has 0 atom stereocenters. The molecule has 0 saturated heterocycles. The molecule has 0 aliphatic carbocycles.